The number of carbonyl (C=O) groups is 1. The van der Waals surface area contributed by atoms with Crippen LogP contribution in [0.3, 0.4) is 0 Å². The minimum Gasteiger partial charge on any atom is -0.307 e. The molecule has 0 unspecified atom stereocenters. The van der Waals surface area contributed by atoms with E-state index in [4.69, 9.17) is 0 Å². The summed E-state index contributed by atoms with van der Waals surface area (Å²) in [6, 6.07) is 2.85. The van der Waals surface area contributed by atoms with Crippen molar-refractivity contribution in [3.63, 3.8) is 0 Å². The van der Waals surface area contributed by atoms with Gasteiger partial charge in [0.2, 0.25) is 0 Å². The smallest absolute Gasteiger partial charge is 0.251 e. The van der Waals surface area contributed by atoms with Gasteiger partial charge in [-0.1, -0.05) is 0 Å². The summed E-state index contributed by atoms with van der Waals surface area (Å²) in [5, 5.41) is 3.85. The number of aromatic nitrogens is 3. The first kappa shape index (κ1) is 6.78. The van der Waals surface area contributed by atoms with Gasteiger partial charge in [0.1, 0.15) is 11.3 Å². The van der Waals surface area contributed by atoms with Crippen LogP contribution in [0.15, 0.2) is 23.1 Å². The highest BCUT2D eigenvalue weighted by Crippen LogP contribution is 1.97. The van der Waals surface area contributed by atoms with Gasteiger partial charge in [-0.05, 0) is 0 Å². The van der Waals surface area contributed by atoms with Crippen molar-refractivity contribution in [2.75, 3.05) is 0 Å². The Balaban J connectivity index is 2.83. The fourth-order valence-corrected chi connectivity index (χ4v) is 0.984. The Kier molecular flexibility index (Phi) is 1.30. The second-order valence-electron chi connectivity index (χ2n) is 2.32. The van der Waals surface area contributed by atoms with E-state index in [0.29, 0.717) is 17.6 Å². The van der Waals surface area contributed by atoms with Gasteiger partial charge in [-0.15, -0.1) is 0 Å². The Morgan fingerprint density at radius 2 is 2.42 bits per heavy atom. The van der Waals surface area contributed by atoms with Crippen LogP contribution < -0.4 is 5.56 Å². The molecule has 0 fully saturated rings. The summed E-state index contributed by atoms with van der Waals surface area (Å²) in [7, 11) is 0. The summed E-state index contributed by atoms with van der Waals surface area (Å²) in [5.41, 5.74) is 0.612. The summed E-state index contributed by atoms with van der Waals surface area (Å²) in [4.78, 5) is 23.6. The maximum Gasteiger partial charge on any atom is 0.251 e. The van der Waals surface area contributed by atoms with E-state index in [0.717, 1.165) is 0 Å². The minimum absolute atomic E-state index is 0.208. The molecule has 2 aromatic heterocycles. The van der Waals surface area contributed by atoms with E-state index in [1.165, 1.54) is 22.8 Å². The maximum atomic E-state index is 10.8. The Hall–Kier alpha value is -1.91. The fourth-order valence-electron chi connectivity index (χ4n) is 0.984. The van der Waals surface area contributed by atoms with Crippen LogP contribution in [0.25, 0.3) is 5.65 Å². The van der Waals surface area contributed by atoms with Crippen LogP contribution in [0, 0.1) is 0 Å². The number of aldehydes is 1. The number of carbonyl (C=O) groups excluding carboxylic acids is 1. The summed E-state index contributed by atoms with van der Waals surface area (Å²) >= 11 is 0. The van der Waals surface area contributed by atoms with Gasteiger partial charge < -0.3 is 4.98 Å². The Bertz CT molecular complexity index is 483. The van der Waals surface area contributed by atoms with Crippen LogP contribution in [0.4, 0.5) is 0 Å². The number of hydrogen-bond donors (Lipinski definition) is 1. The number of rotatable bonds is 1. The summed E-state index contributed by atoms with van der Waals surface area (Å²) in [5.74, 6) is 0. The van der Waals surface area contributed by atoms with Crippen LogP contribution in [-0.2, 0) is 0 Å². The van der Waals surface area contributed by atoms with Gasteiger partial charge in [0, 0.05) is 18.3 Å². The van der Waals surface area contributed by atoms with Crippen molar-refractivity contribution in [3.8, 4) is 0 Å². The second-order valence-corrected chi connectivity index (χ2v) is 2.32. The van der Waals surface area contributed by atoms with Gasteiger partial charge in [0.25, 0.3) is 5.56 Å². The zero-order valence-corrected chi connectivity index (χ0v) is 6.02. The number of nitrogens with one attached hydrogen (secondary N) is 1. The van der Waals surface area contributed by atoms with Gasteiger partial charge in [-0.25, -0.2) is 4.52 Å². The summed E-state index contributed by atoms with van der Waals surface area (Å²) in [6.07, 6.45) is 2.13. The predicted molar refractivity (Wildman–Crippen MR) is 41.2 cm³/mol. The quantitative estimate of drug-likeness (QED) is 0.594. The maximum absolute atomic E-state index is 10.8. The van der Waals surface area contributed by atoms with E-state index in [-0.39, 0.29) is 5.56 Å². The fraction of sp³-hybridized carbons (Fsp3) is 0. The lowest BCUT2D eigenvalue weighted by Gasteiger charge is -1.87. The molecule has 2 aromatic rings. The third-order valence-electron chi connectivity index (χ3n) is 1.49. The SMILES string of the molecule is O=Cc1cc2[nH]c(=O)ccn2n1. The molecule has 0 spiro atoms. The van der Waals surface area contributed by atoms with E-state index in [1.54, 1.807) is 0 Å². The monoisotopic (exact) mass is 163 g/mol. The van der Waals surface area contributed by atoms with Crippen LogP contribution >= 0.6 is 0 Å². The second kappa shape index (κ2) is 2.30. The highest BCUT2D eigenvalue weighted by Gasteiger charge is 1.98. The van der Waals surface area contributed by atoms with E-state index in [9.17, 15) is 9.59 Å². The lowest BCUT2D eigenvalue weighted by Crippen LogP contribution is -2.05. The van der Waals surface area contributed by atoms with E-state index >= 15 is 0 Å². The predicted octanol–water partition coefficient (Wildman–Crippen LogP) is -0.165. The van der Waals surface area contributed by atoms with Crippen molar-refractivity contribution in [3.05, 3.63) is 34.4 Å². The highest BCUT2D eigenvalue weighted by molar-refractivity contribution is 5.73. The van der Waals surface area contributed by atoms with Crippen LogP contribution in [0.2, 0.25) is 0 Å². The molecule has 0 amide bonds. The molecular formula is C7H5N3O2. The van der Waals surface area contributed by atoms with Gasteiger partial charge in [-0.2, -0.15) is 5.10 Å². The molecule has 1 N–H and O–H groups in total. The molecular weight excluding hydrogens is 158 g/mol. The number of aromatic amines is 1. The topological polar surface area (TPSA) is 67.2 Å². The first-order chi connectivity index (χ1) is 5.79. The molecule has 5 heteroatoms. The van der Waals surface area contributed by atoms with Crippen molar-refractivity contribution >= 4 is 11.9 Å². The van der Waals surface area contributed by atoms with Crippen molar-refractivity contribution in [2.45, 2.75) is 0 Å². The van der Waals surface area contributed by atoms with Crippen LogP contribution in [0.5, 0.6) is 0 Å². The van der Waals surface area contributed by atoms with Crippen LogP contribution in [0.1, 0.15) is 10.5 Å². The molecule has 0 bridgehead atoms. The average molecular weight is 163 g/mol. The molecule has 0 aliphatic heterocycles. The molecule has 0 radical (unpaired) electrons. The number of nitrogens with zero attached hydrogens (tertiary/aromatic N) is 2. The molecule has 0 saturated carbocycles. The van der Waals surface area contributed by atoms with Gasteiger partial charge in [0.15, 0.2) is 6.29 Å². The number of hydrogen-bond acceptors (Lipinski definition) is 3. The van der Waals surface area contributed by atoms with Gasteiger partial charge >= 0.3 is 0 Å². The van der Waals surface area contributed by atoms with Gasteiger partial charge in [0.05, 0.1) is 0 Å². The molecule has 60 valence electrons. The van der Waals surface area contributed by atoms with Crippen molar-refractivity contribution in [1.29, 1.82) is 0 Å². The first-order valence-electron chi connectivity index (χ1n) is 3.33. The zero-order chi connectivity index (χ0) is 8.55. The lowest BCUT2D eigenvalue weighted by atomic mass is 10.5. The number of H-pyrrole nitrogens is 1. The van der Waals surface area contributed by atoms with Crippen molar-refractivity contribution in [2.24, 2.45) is 0 Å². The molecule has 2 rings (SSSR count). The third kappa shape index (κ3) is 0.914. The van der Waals surface area contributed by atoms with Crippen LogP contribution in [-0.4, -0.2) is 20.9 Å². The molecule has 0 saturated heterocycles. The molecule has 0 aromatic carbocycles. The van der Waals surface area contributed by atoms with E-state index in [2.05, 4.69) is 10.1 Å². The largest absolute Gasteiger partial charge is 0.307 e. The van der Waals surface area contributed by atoms with E-state index in [1.807, 2.05) is 0 Å². The summed E-state index contributed by atoms with van der Waals surface area (Å²) in [6.45, 7) is 0. The molecule has 5 nitrogen and oxygen atoms in total. The molecule has 2 heterocycles. The highest BCUT2D eigenvalue weighted by atomic mass is 16.1. The van der Waals surface area contributed by atoms with E-state index < -0.39 is 0 Å². The zero-order valence-electron chi connectivity index (χ0n) is 6.02. The Labute approximate surface area is 66.6 Å². The van der Waals surface area contributed by atoms with Crippen molar-refractivity contribution in [1.82, 2.24) is 14.6 Å². The van der Waals surface area contributed by atoms with Crippen molar-refractivity contribution < 1.29 is 4.79 Å². The lowest BCUT2D eigenvalue weighted by molar-refractivity contribution is 0.111. The minimum atomic E-state index is -0.208. The summed E-state index contributed by atoms with van der Waals surface area (Å²) < 4.78 is 1.44. The normalized spacial score (nSPS) is 10.3. The Morgan fingerprint density at radius 1 is 1.58 bits per heavy atom. The third-order valence-corrected chi connectivity index (χ3v) is 1.49. The Morgan fingerprint density at radius 3 is 3.17 bits per heavy atom. The standard InChI is InChI=1S/C7H5N3O2/c11-4-5-3-6-8-7(12)1-2-10(6)9-5/h1-4H,(H,8,12). The average Bonchev–Trinajstić information content (AvgIpc) is 2.46. The molecule has 0 aliphatic rings. The molecule has 0 atom stereocenters. The molecule has 12 heavy (non-hydrogen) atoms. The molecule has 0 aliphatic carbocycles. The van der Waals surface area contributed by atoms with Gasteiger partial charge in [-0.3, -0.25) is 9.59 Å². The first-order valence-corrected chi connectivity index (χ1v) is 3.33. The number of fused-ring (bicyclic) bond motifs is 1.